The second-order valence-electron chi connectivity index (χ2n) is 5.73. The third kappa shape index (κ3) is 5.20. The zero-order valence-corrected chi connectivity index (χ0v) is 14.9. The second kappa shape index (κ2) is 8.09. The Bertz CT molecular complexity index is 1020. The van der Waals surface area contributed by atoms with Gasteiger partial charge in [0.25, 0.3) is 0 Å². The fourth-order valence-corrected chi connectivity index (χ4v) is 3.56. The highest BCUT2D eigenvalue weighted by molar-refractivity contribution is 7.91. The molecule has 140 valence electrons. The van der Waals surface area contributed by atoms with Crippen LogP contribution in [0.1, 0.15) is 17.9 Å². The first kappa shape index (κ1) is 18.7. The topological polar surface area (TPSA) is 102 Å². The number of rotatable bonds is 7. The molecule has 2 aromatic carbocycles. The van der Waals surface area contributed by atoms with E-state index in [2.05, 4.69) is 15.5 Å². The maximum absolute atomic E-state index is 12.9. The molecule has 0 unspecified atom stereocenters. The number of anilines is 1. The summed E-state index contributed by atoms with van der Waals surface area (Å²) in [5, 5.41) is 9.95. The molecule has 0 aliphatic rings. The molecule has 0 fully saturated rings. The molecular weight excluding hydrogens is 373 g/mol. The maximum atomic E-state index is 12.9. The predicted molar refractivity (Wildman–Crippen MR) is 95.2 cm³/mol. The van der Waals surface area contributed by atoms with Crippen molar-refractivity contribution in [1.29, 1.82) is 0 Å². The number of aromatic nitrogens is 2. The number of carbonyl (C=O) groups excluding carboxylic acids is 1. The summed E-state index contributed by atoms with van der Waals surface area (Å²) in [5.41, 5.74) is 0.976. The van der Waals surface area contributed by atoms with Gasteiger partial charge in [0.15, 0.2) is 9.84 Å². The third-order valence-corrected chi connectivity index (χ3v) is 5.41. The number of nitrogens with zero attached hydrogens (tertiary/aromatic N) is 2. The summed E-state index contributed by atoms with van der Waals surface area (Å²) in [6.45, 7) is 0. The van der Waals surface area contributed by atoms with Crippen molar-refractivity contribution in [3.8, 4) is 0 Å². The zero-order chi connectivity index (χ0) is 19.3. The van der Waals surface area contributed by atoms with Gasteiger partial charge in [0.2, 0.25) is 11.8 Å². The van der Waals surface area contributed by atoms with E-state index in [0.717, 1.165) is 29.8 Å². The Balaban J connectivity index is 1.54. The van der Waals surface area contributed by atoms with Crippen LogP contribution in [0.15, 0.2) is 63.9 Å². The molecule has 0 aliphatic heterocycles. The van der Waals surface area contributed by atoms with E-state index in [1.807, 2.05) is 30.3 Å². The van der Waals surface area contributed by atoms with Crippen molar-refractivity contribution >= 4 is 21.8 Å². The van der Waals surface area contributed by atoms with Gasteiger partial charge >= 0.3 is 6.01 Å². The van der Waals surface area contributed by atoms with E-state index in [1.54, 1.807) is 0 Å². The van der Waals surface area contributed by atoms with Crippen molar-refractivity contribution in [3.63, 3.8) is 0 Å². The maximum Gasteiger partial charge on any atom is 0.322 e. The molecule has 0 bridgehead atoms. The van der Waals surface area contributed by atoms with Crippen LogP contribution in [0.5, 0.6) is 0 Å². The van der Waals surface area contributed by atoms with Crippen LogP contribution < -0.4 is 5.32 Å². The van der Waals surface area contributed by atoms with Gasteiger partial charge in [-0.3, -0.25) is 10.1 Å². The second-order valence-corrected chi connectivity index (χ2v) is 7.84. The monoisotopic (exact) mass is 389 g/mol. The van der Waals surface area contributed by atoms with Gasteiger partial charge in [0.1, 0.15) is 5.82 Å². The minimum absolute atomic E-state index is 0.0420. The molecule has 0 spiro atoms. The van der Waals surface area contributed by atoms with Crippen LogP contribution in [-0.4, -0.2) is 30.3 Å². The largest absolute Gasteiger partial charge is 0.407 e. The molecule has 0 radical (unpaired) electrons. The normalized spacial score (nSPS) is 11.3. The molecule has 1 N–H and O–H groups in total. The standard InChI is InChI=1S/C18H16FN3O4S/c19-14-6-8-15(9-7-14)27(24,25)11-10-16(23)20-18-22-21-17(26-18)12-13-4-2-1-3-5-13/h1-9H,10-12H2,(H,20,22,23). The average Bonchev–Trinajstić information content (AvgIpc) is 3.08. The van der Waals surface area contributed by atoms with Crippen LogP contribution in [-0.2, 0) is 21.1 Å². The van der Waals surface area contributed by atoms with Gasteiger partial charge in [-0.25, -0.2) is 12.8 Å². The van der Waals surface area contributed by atoms with Crippen molar-refractivity contribution in [2.45, 2.75) is 17.7 Å². The Morgan fingerprint density at radius 3 is 2.44 bits per heavy atom. The molecule has 3 aromatic rings. The van der Waals surface area contributed by atoms with Gasteiger partial charge in [0, 0.05) is 6.42 Å². The highest BCUT2D eigenvalue weighted by Gasteiger charge is 2.18. The lowest BCUT2D eigenvalue weighted by molar-refractivity contribution is -0.116. The first-order chi connectivity index (χ1) is 12.9. The number of amides is 1. The summed E-state index contributed by atoms with van der Waals surface area (Å²) in [4.78, 5) is 11.9. The Hall–Kier alpha value is -3.07. The third-order valence-electron chi connectivity index (χ3n) is 3.68. The summed E-state index contributed by atoms with van der Waals surface area (Å²) < 4.78 is 42.5. The van der Waals surface area contributed by atoms with Gasteiger partial charge < -0.3 is 4.42 Å². The number of sulfone groups is 1. The van der Waals surface area contributed by atoms with Crippen molar-refractivity contribution < 1.29 is 22.0 Å². The van der Waals surface area contributed by atoms with E-state index in [9.17, 15) is 17.6 Å². The van der Waals surface area contributed by atoms with Gasteiger partial charge in [-0.05, 0) is 29.8 Å². The zero-order valence-electron chi connectivity index (χ0n) is 14.1. The van der Waals surface area contributed by atoms with E-state index in [-0.39, 0.29) is 17.3 Å². The fourth-order valence-electron chi connectivity index (χ4n) is 2.31. The summed E-state index contributed by atoms with van der Waals surface area (Å²) >= 11 is 0. The van der Waals surface area contributed by atoms with E-state index in [0.29, 0.717) is 12.3 Å². The van der Waals surface area contributed by atoms with Crippen molar-refractivity contribution in [2.24, 2.45) is 0 Å². The molecule has 1 amide bonds. The number of hydrogen-bond acceptors (Lipinski definition) is 6. The van der Waals surface area contributed by atoms with Crippen LogP contribution in [0.3, 0.4) is 0 Å². The number of halogens is 1. The van der Waals surface area contributed by atoms with Crippen molar-refractivity contribution in [1.82, 2.24) is 10.2 Å². The molecular formula is C18H16FN3O4S. The molecule has 3 rings (SSSR count). The van der Waals surface area contributed by atoms with Crippen molar-refractivity contribution in [2.75, 3.05) is 11.1 Å². The predicted octanol–water partition coefficient (Wildman–Crippen LogP) is 2.60. The Labute approximate surface area is 155 Å². The lowest BCUT2D eigenvalue weighted by Gasteiger charge is -2.04. The van der Waals surface area contributed by atoms with E-state index >= 15 is 0 Å². The minimum atomic E-state index is -3.69. The van der Waals surface area contributed by atoms with Gasteiger partial charge in [-0.2, -0.15) is 0 Å². The average molecular weight is 389 g/mol. The number of hydrogen-bond donors (Lipinski definition) is 1. The lowest BCUT2D eigenvalue weighted by Crippen LogP contribution is -2.17. The number of benzene rings is 2. The van der Waals surface area contributed by atoms with Crippen LogP contribution in [0.4, 0.5) is 10.4 Å². The SMILES string of the molecule is O=C(CCS(=O)(=O)c1ccc(F)cc1)Nc1nnc(Cc2ccccc2)o1. The smallest absolute Gasteiger partial charge is 0.322 e. The molecule has 9 heteroatoms. The van der Waals surface area contributed by atoms with Crippen LogP contribution in [0.25, 0.3) is 0 Å². The number of carbonyl (C=O) groups is 1. The van der Waals surface area contributed by atoms with Crippen LogP contribution in [0, 0.1) is 5.82 Å². The molecule has 0 atom stereocenters. The van der Waals surface area contributed by atoms with Crippen LogP contribution in [0.2, 0.25) is 0 Å². The molecule has 1 heterocycles. The fraction of sp³-hybridized carbons (Fsp3) is 0.167. The van der Waals surface area contributed by atoms with Crippen LogP contribution >= 0.6 is 0 Å². The molecule has 1 aromatic heterocycles. The molecule has 0 saturated carbocycles. The molecule has 0 saturated heterocycles. The number of nitrogens with one attached hydrogen (secondary N) is 1. The highest BCUT2D eigenvalue weighted by atomic mass is 32.2. The first-order valence-corrected chi connectivity index (χ1v) is 9.72. The summed E-state index contributed by atoms with van der Waals surface area (Å²) in [7, 11) is -3.69. The Morgan fingerprint density at radius 2 is 1.74 bits per heavy atom. The minimum Gasteiger partial charge on any atom is -0.407 e. The lowest BCUT2D eigenvalue weighted by atomic mass is 10.2. The molecule has 7 nitrogen and oxygen atoms in total. The molecule has 27 heavy (non-hydrogen) atoms. The highest BCUT2D eigenvalue weighted by Crippen LogP contribution is 2.14. The van der Waals surface area contributed by atoms with Crippen molar-refractivity contribution in [3.05, 3.63) is 71.9 Å². The van der Waals surface area contributed by atoms with Gasteiger partial charge in [-0.1, -0.05) is 35.4 Å². The summed E-state index contributed by atoms with van der Waals surface area (Å²) in [5.74, 6) is -1.20. The Morgan fingerprint density at radius 1 is 1.04 bits per heavy atom. The van der Waals surface area contributed by atoms with E-state index < -0.39 is 27.3 Å². The molecule has 0 aliphatic carbocycles. The van der Waals surface area contributed by atoms with E-state index in [4.69, 9.17) is 4.42 Å². The first-order valence-electron chi connectivity index (χ1n) is 8.07. The van der Waals surface area contributed by atoms with E-state index in [1.165, 1.54) is 0 Å². The van der Waals surface area contributed by atoms with Gasteiger partial charge in [0.05, 0.1) is 17.1 Å². The summed E-state index contributed by atoms with van der Waals surface area (Å²) in [6.07, 6.45) is 0.124. The summed E-state index contributed by atoms with van der Waals surface area (Å²) in [6, 6.07) is 13.8. The van der Waals surface area contributed by atoms with Gasteiger partial charge in [-0.15, -0.1) is 5.10 Å². The Kier molecular flexibility index (Phi) is 5.60. The quantitative estimate of drug-likeness (QED) is 0.623.